The fourth-order valence-electron chi connectivity index (χ4n) is 1.48. The molecule has 4 nitrogen and oxygen atoms in total. The second-order valence-electron chi connectivity index (χ2n) is 3.75. The van der Waals surface area contributed by atoms with E-state index in [4.69, 9.17) is 0 Å². The fourth-order valence-corrected chi connectivity index (χ4v) is 2.00. The third kappa shape index (κ3) is 3.78. The topological polar surface area (TPSA) is 58.2 Å². The molecule has 96 valence electrons. The lowest BCUT2D eigenvalue weighted by Gasteiger charge is -2.08. The predicted molar refractivity (Wildman–Crippen MR) is 82.1 cm³/mol. The highest BCUT2D eigenvalue weighted by Gasteiger charge is 2.10. The molecule has 0 atom stereocenters. The number of imide groups is 1. The van der Waals surface area contributed by atoms with Crippen molar-refractivity contribution in [3.05, 3.63) is 63.7 Å². The number of benzene rings is 2. The Morgan fingerprint density at radius 2 is 1.53 bits per heavy atom. The molecule has 2 rings (SSSR count). The van der Waals surface area contributed by atoms with Crippen LogP contribution in [0.25, 0.3) is 0 Å². The number of hydrogen-bond donors (Lipinski definition) is 2. The van der Waals surface area contributed by atoms with Crippen molar-refractivity contribution in [1.29, 1.82) is 0 Å². The van der Waals surface area contributed by atoms with Gasteiger partial charge in [-0.1, -0.05) is 30.3 Å². The van der Waals surface area contributed by atoms with Crippen molar-refractivity contribution >= 4 is 40.2 Å². The van der Waals surface area contributed by atoms with Crippen LogP contribution in [0.1, 0.15) is 10.4 Å². The van der Waals surface area contributed by atoms with Gasteiger partial charge in [0, 0.05) is 9.13 Å². The van der Waals surface area contributed by atoms with Gasteiger partial charge in [-0.25, -0.2) is 4.79 Å². The van der Waals surface area contributed by atoms with Gasteiger partial charge in [0.1, 0.15) is 0 Å². The zero-order chi connectivity index (χ0) is 13.7. The molecular weight excluding hydrogens is 355 g/mol. The first-order chi connectivity index (χ1) is 9.16. The number of halogens is 1. The van der Waals surface area contributed by atoms with Gasteiger partial charge in [-0.05, 0) is 46.9 Å². The minimum absolute atomic E-state index is 0.427. The van der Waals surface area contributed by atoms with Crippen LogP contribution in [0.5, 0.6) is 0 Å². The van der Waals surface area contributed by atoms with E-state index in [9.17, 15) is 9.59 Å². The summed E-state index contributed by atoms with van der Waals surface area (Å²) in [6.45, 7) is 0. The molecule has 2 N–H and O–H groups in total. The monoisotopic (exact) mass is 366 g/mol. The molecule has 0 spiro atoms. The summed E-state index contributed by atoms with van der Waals surface area (Å²) < 4.78 is 0.905. The summed E-state index contributed by atoms with van der Waals surface area (Å²) in [6.07, 6.45) is 0. The van der Waals surface area contributed by atoms with E-state index in [1.54, 1.807) is 30.3 Å². The Morgan fingerprint density at radius 3 is 2.21 bits per heavy atom. The quantitative estimate of drug-likeness (QED) is 0.802. The van der Waals surface area contributed by atoms with Crippen molar-refractivity contribution in [2.75, 3.05) is 5.32 Å². The van der Waals surface area contributed by atoms with Gasteiger partial charge < -0.3 is 5.32 Å². The van der Waals surface area contributed by atoms with Crippen molar-refractivity contribution in [3.63, 3.8) is 0 Å². The number of urea groups is 1. The molecule has 0 radical (unpaired) electrons. The first kappa shape index (κ1) is 13.5. The van der Waals surface area contributed by atoms with Crippen LogP contribution < -0.4 is 10.6 Å². The van der Waals surface area contributed by atoms with E-state index in [2.05, 4.69) is 33.2 Å². The van der Waals surface area contributed by atoms with Gasteiger partial charge in [0.15, 0.2) is 0 Å². The molecule has 0 aliphatic heterocycles. The molecule has 0 unspecified atom stereocenters. The van der Waals surface area contributed by atoms with E-state index in [1.165, 1.54) is 0 Å². The molecule has 2 aromatic carbocycles. The Balaban J connectivity index is 1.99. The summed E-state index contributed by atoms with van der Waals surface area (Å²) in [5.74, 6) is -0.427. The second kappa shape index (κ2) is 6.33. The molecule has 3 amide bonds. The maximum absolute atomic E-state index is 11.8. The largest absolute Gasteiger partial charge is 0.326 e. The van der Waals surface area contributed by atoms with Crippen LogP contribution in [-0.4, -0.2) is 11.9 Å². The Labute approximate surface area is 124 Å². The van der Waals surface area contributed by atoms with Crippen LogP contribution in [0.4, 0.5) is 10.5 Å². The summed E-state index contributed by atoms with van der Waals surface area (Å²) in [5.41, 5.74) is 1.11. The van der Waals surface area contributed by atoms with Gasteiger partial charge in [0.2, 0.25) is 0 Å². The number of rotatable bonds is 2. The van der Waals surface area contributed by atoms with Gasteiger partial charge in [0.05, 0.1) is 5.69 Å². The molecule has 5 heteroatoms. The van der Waals surface area contributed by atoms with Crippen LogP contribution in [0.2, 0.25) is 0 Å². The van der Waals surface area contributed by atoms with Crippen molar-refractivity contribution in [3.8, 4) is 0 Å². The third-order valence-corrected chi connectivity index (χ3v) is 3.33. The Morgan fingerprint density at radius 1 is 0.895 bits per heavy atom. The number of carbonyl (C=O) groups is 2. The zero-order valence-corrected chi connectivity index (χ0v) is 12.0. The van der Waals surface area contributed by atoms with Crippen LogP contribution in [0.15, 0.2) is 54.6 Å². The van der Waals surface area contributed by atoms with Crippen molar-refractivity contribution < 1.29 is 9.59 Å². The van der Waals surface area contributed by atoms with E-state index < -0.39 is 11.9 Å². The van der Waals surface area contributed by atoms with Crippen LogP contribution in [-0.2, 0) is 0 Å². The highest BCUT2D eigenvalue weighted by Crippen LogP contribution is 2.16. The van der Waals surface area contributed by atoms with Crippen LogP contribution in [0, 0.1) is 3.57 Å². The van der Waals surface area contributed by atoms with Crippen molar-refractivity contribution in [2.24, 2.45) is 0 Å². The molecule has 0 aromatic heterocycles. The molecule has 0 aliphatic carbocycles. The summed E-state index contributed by atoms with van der Waals surface area (Å²) in [5, 5.41) is 4.91. The highest BCUT2D eigenvalue weighted by molar-refractivity contribution is 14.1. The predicted octanol–water partition coefficient (Wildman–Crippen LogP) is 3.25. The lowest BCUT2D eigenvalue weighted by molar-refractivity contribution is 0.0967. The average molecular weight is 366 g/mol. The van der Waals surface area contributed by atoms with Gasteiger partial charge in [-0.2, -0.15) is 0 Å². The fraction of sp³-hybridized carbons (Fsp3) is 0. The number of carbonyl (C=O) groups excluding carboxylic acids is 2. The van der Waals surface area contributed by atoms with Gasteiger partial charge in [0.25, 0.3) is 5.91 Å². The molecular formula is C14H11IN2O2. The maximum Gasteiger partial charge on any atom is 0.326 e. The maximum atomic E-state index is 11.8. The third-order valence-electron chi connectivity index (χ3n) is 2.39. The molecule has 0 saturated heterocycles. The Bertz CT molecular complexity index is 599. The Hall–Kier alpha value is -1.89. The molecule has 0 bridgehead atoms. The van der Waals surface area contributed by atoms with Crippen LogP contribution in [0.3, 0.4) is 0 Å². The SMILES string of the molecule is O=C(NC(=O)c1ccccc1)Nc1ccccc1I. The van der Waals surface area contributed by atoms with E-state index in [0.29, 0.717) is 11.3 Å². The number of amides is 3. The molecule has 2 aromatic rings. The molecule has 0 heterocycles. The smallest absolute Gasteiger partial charge is 0.307 e. The standard InChI is InChI=1S/C14H11IN2O2/c15-11-8-4-5-9-12(11)16-14(19)17-13(18)10-6-2-1-3-7-10/h1-9H,(H2,16,17,18,19). The van der Waals surface area contributed by atoms with Gasteiger partial charge in [-0.15, -0.1) is 0 Å². The summed E-state index contributed by atoms with van der Waals surface area (Å²) in [6, 6.07) is 15.4. The van der Waals surface area contributed by atoms with E-state index in [-0.39, 0.29) is 0 Å². The van der Waals surface area contributed by atoms with E-state index >= 15 is 0 Å². The van der Waals surface area contributed by atoms with E-state index in [0.717, 1.165) is 3.57 Å². The average Bonchev–Trinajstić information content (AvgIpc) is 2.42. The summed E-state index contributed by atoms with van der Waals surface area (Å²) in [4.78, 5) is 23.5. The normalized spacial score (nSPS) is 9.74. The first-order valence-electron chi connectivity index (χ1n) is 5.59. The van der Waals surface area contributed by atoms with Crippen molar-refractivity contribution in [1.82, 2.24) is 5.32 Å². The molecule has 0 saturated carbocycles. The lowest BCUT2D eigenvalue weighted by Crippen LogP contribution is -2.34. The second-order valence-corrected chi connectivity index (χ2v) is 4.92. The molecule has 0 aliphatic rings. The highest BCUT2D eigenvalue weighted by atomic mass is 127. The number of nitrogens with one attached hydrogen (secondary N) is 2. The summed E-state index contributed by atoms with van der Waals surface area (Å²) >= 11 is 2.11. The lowest BCUT2D eigenvalue weighted by atomic mass is 10.2. The van der Waals surface area contributed by atoms with Crippen molar-refractivity contribution in [2.45, 2.75) is 0 Å². The Kier molecular flexibility index (Phi) is 4.51. The number of hydrogen-bond acceptors (Lipinski definition) is 2. The summed E-state index contributed by atoms with van der Waals surface area (Å²) in [7, 11) is 0. The number of para-hydroxylation sites is 1. The van der Waals surface area contributed by atoms with Gasteiger partial charge in [-0.3, -0.25) is 10.1 Å². The first-order valence-corrected chi connectivity index (χ1v) is 6.66. The van der Waals surface area contributed by atoms with Gasteiger partial charge >= 0.3 is 6.03 Å². The van der Waals surface area contributed by atoms with Crippen LogP contribution >= 0.6 is 22.6 Å². The van der Waals surface area contributed by atoms with E-state index in [1.807, 2.05) is 24.3 Å². The molecule has 19 heavy (non-hydrogen) atoms. The minimum Gasteiger partial charge on any atom is -0.307 e. The minimum atomic E-state index is -0.544. The molecule has 0 fully saturated rings. The number of anilines is 1. The zero-order valence-electron chi connectivity index (χ0n) is 9.89.